The van der Waals surface area contributed by atoms with Crippen LogP contribution in [0.3, 0.4) is 0 Å². The van der Waals surface area contributed by atoms with E-state index in [2.05, 4.69) is 75.4 Å². The van der Waals surface area contributed by atoms with Gasteiger partial charge in [0.15, 0.2) is 5.65 Å². The number of aliphatic hydroxyl groups is 1. The van der Waals surface area contributed by atoms with E-state index in [1.807, 2.05) is 12.1 Å². The first-order valence-corrected chi connectivity index (χ1v) is 15.1. The van der Waals surface area contributed by atoms with Crippen molar-refractivity contribution >= 4 is 11.2 Å². The number of fused-ring (bicyclic) bond motifs is 2. The van der Waals surface area contributed by atoms with E-state index in [-0.39, 0.29) is 6.04 Å². The maximum atomic E-state index is 11.1. The van der Waals surface area contributed by atoms with Crippen molar-refractivity contribution in [1.29, 1.82) is 0 Å². The molecule has 1 fully saturated rings. The topological polar surface area (TPSA) is 105 Å². The van der Waals surface area contributed by atoms with Gasteiger partial charge < -0.3 is 9.67 Å². The summed E-state index contributed by atoms with van der Waals surface area (Å²) in [5, 5.41) is 25.9. The largest absolute Gasteiger partial charge is 0.390 e. The van der Waals surface area contributed by atoms with Crippen LogP contribution in [0.1, 0.15) is 86.1 Å². The molecular weight excluding hydrogens is 510 g/mol. The lowest BCUT2D eigenvalue weighted by Crippen LogP contribution is -2.31. The molecule has 1 unspecified atom stereocenters. The highest BCUT2D eigenvalue weighted by atomic mass is 16.3. The number of aryl methyl sites for hydroxylation is 4. The summed E-state index contributed by atoms with van der Waals surface area (Å²) in [6.07, 6.45) is 9.76. The maximum Gasteiger partial charge on any atom is 0.205 e. The Morgan fingerprint density at radius 3 is 2.63 bits per heavy atom. The van der Waals surface area contributed by atoms with Gasteiger partial charge in [0.05, 0.1) is 11.6 Å². The Balaban J connectivity index is 1.24. The van der Waals surface area contributed by atoms with Gasteiger partial charge in [0.1, 0.15) is 11.3 Å². The molecule has 3 heterocycles. The second-order valence-corrected chi connectivity index (χ2v) is 11.9. The molecule has 0 aliphatic heterocycles. The summed E-state index contributed by atoms with van der Waals surface area (Å²) in [6.45, 7) is 4.33. The van der Waals surface area contributed by atoms with Crippen molar-refractivity contribution in [1.82, 2.24) is 35.2 Å². The van der Waals surface area contributed by atoms with Gasteiger partial charge in [-0.1, -0.05) is 68.7 Å². The minimum atomic E-state index is -0.540. The smallest absolute Gasteiger partial charge is 0.205 e. The van der Waals surface area contributed by atoms with Gasteiger partial charge >= 0.3 is 0 Å². The van der Waals surface area contributed by atoms with E-state index in [9.17, 15) is 5.11 Å². The second kappa shape index (κ2) is 10.5. The van der Waals surface area contributed by atoms with Crippen molar-refractivity contribution in [2.45, 2.75) is 89.7 Å². The lowest BCUT2D eigenvalue weighted by molar-refractivity contribution is -0.00361. The fourth-order valence-corrected chi connectivity index (χ4v) is 7.09. The van der Waals surface area contributed by atoms with Crippen LogP contribution in [0, 0.1) is 6.92 Å². The molecule has 0 amide bonds. The molecule has 210 valence electrons. The fourth-order valence-electron chi connectivity index (χ4n) is 7.09. The Labute approximate surface area is 240 Å². The predicted molar refractivity (Wildman–Crippen MR) is 160 cm³/mol. The maximum absolute atomic E-state index is 11.1. The molecule has 2 aromatic carbocycles. The van der Waals surface area contributed by atoms with Crippen molar-refractivity contribution in [3.8, 4) is 22.5 Å². The molecule has 2 aliphatic rings. The Kier molecular flexibility index (Phi) is 6.66. The van der Waals surface area contributed by atoms with Crippen molar-refractivity contribution in [2.75, 3.05) is 0 Å². The summed E-state index contributed by atoms with van der Waals surface area (Å²) >= 11 is 0. The van der Waals surface area contributed by atoms with E-state index >= 15 is 0 Å². The number of nitrogens with one attached hydrogen (secondary N) is 1. The van der Waals surface area contributed by atoms with E-state index in [0.29, 0.717) is 5.82 Å². The highest BCUT2D eigenvalue weighted by molar-refractivity contribution is 5.81. The van der Waals surface area contributed by atoms with Crippen LogP contribution in [0.5, 0.6) is 0 Å². The van der Waals surface area contributed by atoms with Gasteiger partial charge in [0.2, 0.25) is 5.82 Å². The summed E-state index contributed by atoms with van der Waals surface area (Å²) < 4.78 is 2.40. The van der Waals surface area contributed by atoms with Crippen molar-refractivity contribution in [2.24, 2.45) is 0 Å². The van der Waals surface area contributed by atoms with E-state index in [0.717, 1.165) is 97.2 Å². The zero-order valence-electron chi connectivity index (χ0n) is 23.9. The molecule has 2 N–H and O–H groups in total. The van der Waals surface area contributed by atoms with Gasteiger partial charge in [-0.3, -0.25) is 0 Å². The lowest BCUT2D eigenvalue weighted by atomic mass is 9.81. The first kappa shape index (κ1) is 26.0. The molecule has 0 saturated heterocycles. The van der Waals surface area contributed by atoms with Crippen molar-refractivity contribution in [3.63, 3.8) is 0 Å². The number of imidazole rings is 1. The average Bonchev–Trinajstić information content (AvgIpc) is 3.75. The molecule has 7 rings (SSSR count). The van der Waals surface area contributed by atoms with E-state index in [1.54, 1.807) is 0 Å². The SMILES string of the molecule is CCc1nc2c(C)cc(CCC3(O)CCCCC3)nc2n1C1CCc2cc(-c3ccccc3-c3nn[nH]n3)ccc21. The number of aromatic nitrogens is 7. The van der Waals surface area contributed by atoms with Crippen molar-refractivity contribution in [3.05, 3.63) is 76.7 Å². The van der Waals surface area contributed by atoms with Crippen LogP contribution in [-0.4, -0.2) is 45.9 Å². The second-order valence-electron chi connectivity index (χ2n) is 11.9. The Morgan fingerprint density at radius 1 is 1.02 bits per heavy atom. The molecule has 3 aromatic heterocycles. The van der Waals surface area contributed by atoms with Gasteiger partial charge in [0, 0.05) is 17.7 Å². The van der Waals surface area contributed by atoms with Gasteiger partial charge in [-0.15, -0.1) is 10.2 Å². The highest BCUT2D eigenvalue weighted by Gasteiger charge is 2.31. The monoisotopic (exact) mass is 547 g/mol. The molecule has 0 radical (unpaired) electrons. The van der Waals surface area contributed by atoms with Crippen LogP contribution in [0.4, 0.5) is 0 Å². The third-order valence-electron chi connectivity index (χ3n) is 9.24. The van der Waals surface area contributed by atoms with Crippen LogP contribution < -0.4 is 0 Å². The summed E-state index contributed by atoms with van der Waals surface area (Å²) in [6, 6.07) is 17.4. The minimum absolute atomic E-state index is 0.205. The fraction of sp³-hybridized carbons (Fsp3) is 0.424. The normalized spacial score (nSPS) is 18.2. The van der Waals surface area contributed by atoms with Gasteiger partial charge in [-0.2, -0.15) is 5.21 Å². The highest BCUT2D eigenvalue weighted by Crippen LogP contribution is 2.41. The number of H-pyrrole nitrogens is 1. The first-order chi connectivity index (χ1) is 20.0. The van der Waals surface area contributed by atoms with Crippen LogP contribution in [0.15, 0.2) is 48.5 Å². The molecule has 0 spiro atoms. The molecule has 8 heteroatoms. The molecule has 1 saturated carbocycles. The average molecular weight is 548 g/mol. The van der Waals surface area contributed by atoms with Gasteiger partial charge in [0.25, 0.3) is 0 Å². The first-order valence-electron chi connectivity index (χ1n) is 15.1. The summed E-state index contributed by atoms with van der Waals surface area (Å²) in [7, 11) is 0. The summed E-state index contributed by atoms with van der Waals surface area (Å²) in [5.41, 5.74) is 9.62. The third kappa shape index (κ3) is 4.74. The molecule has 0 bridgehead atoms. The summed E-state index contributed by atoms with van der Waals surface area (Å²) in [4.78, 5) is 10.3. The number of rotatable bonds is 7. The van der Waals surface area contributed by atoms with Crippen LogP contribution in [0.25, 0.3) is 33.7 Å². The zero-order valence-corrected chi connectivity index (χ0v) is 23.9. The van der Waals surface area contributed by atoms with Crippen LogP contribution in [-0.2, 0) is 19.3 Å². The van der Waals surface area contributed by atoms with Crippen LogP contribution in [0.2, 0.25) is 0 Å². The summed E-state index contributed by atoms with van der Waals surface area (Å²) in [5.74, 6) is 1.69. The molecule has 41 heavy (non-hydrogen) atoms. The van der Waals surface area contributed by atoms with E-state index < -0.39 is 5.60 Å². The van der Waals surface area contributed by atoms with Crippen molar-refractivity contribution < 1.29 is 5.11 Å². The number of pyridine rings is 1. The van der Waals surface area contributed by atoms with E-state index in [4.69, 9.17) is 9.97 Å². The number of hydrogen-bond acceptors (Lipinski definition) is 6. The molecule has 1 atom stereocenters. The Hall–Kier alpha value is -3.91. The number of tetrazole rings is 1. The van der Waals surface area contributed by atoms with Gasteiger partial charge in [-0.25, -0.2) is 9.97 Å². The van der Waals surface area contributed by atoms with Gasteiger partial charge in [-0.05, 0) is 84.5 Å². The minimum Gasteiger partial charge on any atom is -0.390 e. The van der Waals surface area contributed by atoms with E-state index in [1.165, 1.54) is 23.1 Å². The molecule has 2 aliphatic carbocycles. The Morgan fingerprint density at radius 2 is 1.85 bits per heavy atom. The van der Waals surface area contributed by atoms with Crippen LogP contribution >= 0.6 is 0 Å². The number of hydrogen-bond donors (Lipinski definition) is 2. The Bertz CT molecular complexity index is 1700. The molecule has 5 aromatic rings. The standard InChI is InChI=1S/C33H37N7O/c1-3-29-35-30-21(2)19-24(15-18-33(41)16-7-4-8-17-33)34-32(30)40(29)28-14-12-23-20-22(11-13-26(23)28)25-9-5-6-10-27(25)31-36-38-39-37-31/h5-6,9-11,13,19-20,28,41H,3-4,7-8,12,14-18H2,1-2H3,(H,36,37,38,39). The number of nitrogens with zero attached hydrogens (tertiary/aromatic N) is 6. The number of aromatic amines is 1. The number of benzene rings is 2. The molecule has 8 nitrogen and oxygen atoms in total. The lowest BCUT2D eigenvalue weighted by Gasteiger charge is -2.32. The zero-order chi connectivity index (χ0) is 28.0. The quantitative estimate of drug-likeness (QED) is 0.247. The molecular formula is C33H37N7O. The predicted octanol–water partition coefficient (Wildman–Crippen LogP) is 6.31. The third-order valence-corrected chi connectivity index (χ3v) is 9.24.